The first kappa shape index (κ1) is 17.6. The number of rotatable bonds is 4. The number of likely N-dealkylation sites (tertiary alicyclic amines) is 1. The molecule has 0 spiro atoms. The second kappa shape index (κ2) is 8.18. The number of nitrogens with one attached hydrogen (secondary N) is 2. The number of piperidine rings is 1. The lowest BCUT2D eigenvalue weighted by atomic mass is 9.98. The number of aromatic amines is 1. The van der Waals surface area contributed by atoms with Crippen LogP contribution in [0.1, 0.15) is 23.3 Å². The van der Waals surface area contributed by atoms with E-state index in [-0.39, 0.29) is 18.3 Å². The SMILES string of the molecule is CNCC1CCCN(C(=O)c2ccc(-c3ccccc3)[nH]2)C1.Cl. The van der Waals surface area contributed by atoms with Crippen LogP contribution in [0.25, 0.3) is 11.3 Å². The van der Waals surface area contributed by atoms with E-state index >= 15 is 0 Å². The van der Waals surface area contributed by atoms with Gasteiger partial charge >= 0.3 is 0 Å². The zero-order valence-corrected chi connectivity index (χ0v) is 14.2. The molecule has 1 saturated heterocycles. The maximum Gasteiger partial charge on any atom is 0.270 e. The number of amides is 1. The second-order valence-corrected chi connectivity index (χ2v) is 5.97. The molecule has 0 aliphatic carbocycles. The van der Waals surface area contributed by atoms with Crippen LogP contribution in [-0.2, 0) is 0 Å². The molecule has 1 unspecified atom stereocenters. The van der Waals surface area contributed by atoms with Crippen LogP contribution in [0.15, 0.2) is 42.5 Å². The largest absolute Gasteiger partial charge is 0.351 e. The van der Waals surface area contributed by atoms with Gasteiger partial charge in [-0.25, -0.2) is 0 Å². The fourth-order valence-corrected chi connectivity index (χ4v) is 3.18. The molecule has 0 saturated carbocycles. The Kier molecular flexibility index (Phi) is 6.25. The first-order chi connectivity index (χ1) is 10.8. The van der Waals surface area contributed by atoms with Crippen molar-refractivity contribution in [3.05, 3.63) is 48.2 Å². The fraction of sp³-hybridized carbons (Fsp3) is 0.389. The second-order valence-electron chi connectivity index (χ2n) is 5.97. The van der Waals surface area contributed by atoms with Crippen LogP contribution in [0.3, 0.4) is 0 Å². The van der Waals surface area contributed by atoms with Crippen molar-refractivity contribution in [1.82, 2.24) is 15.2 Å². The zero-order chi connectivity index (χ0) is 15.4. The summed E-state index contributed by atoms with van der Waals surface area (Å²) in [5.74, 6) is 0.675. The van der Waals surface area contributed by atoms with Crippen LogP contribution < -0.4 is 5.32 Å². The molecule has 2 N–H and O–H groups in total. The Bertz CT molecular complexity index is 624. The lowest BCUT2D eigenvalue weighted by molar-refractivity contribution is 0.0669. The number of H-pyrrole nitrogens is 1. The van der Waals surface area contributed by atoms with Crippen molar-refractivity contribution in [3.8, 4) is 11.3 Å². The maximum atomic E-state index is 12.7. The molecule has 2 aromatic rings. The highest BCUT2D eigenvalue weighted by Crippen LogP contribution is 2.21. The summed E-state index contributed by atoms with van der Waals surface area (Å²) in [5.41, 5.74) is 2.78. The van der Waals surface area contributed by atoms with Crippen LogP contribution in [0, 0.1) is 5.92 Å². The van der Waals surface area contributed by atoms with E-state index in [1.54, 1.807) is 0 Å². The van der Waals surface area contributed by atoms with Gasteiger partial charge in [-0.05, 0) is 50.0 Å². The van der Waals surface area contributed by atoms with Crippen LogP contribution in [0.5, 0.6) is 0 Å². The Morgan fingerprint density at radius 3 is 2.78 bits per heavy atom. The Labute approximate surface area is 143 Å². The van der Waals surface area contributed by atoms with E-state index in [9.17, 15) is 4.79 Å². The molecular formula is C18H24ClN3O. The van der Waals surface area contributed by atoms with Crippen LogP contribution in [-0.4, -0.2) is 42.5 Å². The van der Waals surface area contributed by atoms with E-state index < -0.39 is 0 Å². The quantitative estimate of drug-likeness (QED) is 0.902. The third-order valence-corrected chi connectivity index (χ3v) is 4.30. The average molecular weight is 334 g/mol. The van der Waals surface area contributed by atoms with Crippen molar-refractivity contribution in [2.45, 2.75) is 12.8 Å². The summed E-state index contributed by atoms with van der Waals surface area (Å²) in [6.07, 6.45) is 2.29. The highest BCUT2D eigenvalue weighted by Gasteiger charge is 2.24. The van der Waals surface area contributed by atoms with Gasteiger partial charge in [0.2, 0.25) is 0 Å². The first-order valence-corrected chi connectivity index (χ1v) is 7.96. The van der Waals surface area contributed by atoms with Gasteiger partial charge in [0.25, 0.3) is 5.91 Å². The minimum Gasteiger partial charge on any atom is -0.351 e. The number of carbonyl (C=O) groups excluding carboxylic acids is 1. The topological polar surface area (TPSA) is 48.1 Å². The normalized spacial score (nSPS) is 17.6. The van der Waals surface area contributed by atoms with Gasteiger partial charge in [-0.3, -0.25) is 4.79 Å². The summed E-state index contributed by atoms with van der Waals surface area (Å²) in [6.45, 7) is 2.68. The molecule has 4 nitrogen and oxygen atoms in total. The highest BCUT2D eigenvalue weighted by atomic mass is 35.5. The Morgan fingerprint density at radius 2 is 2.04 bits per heavy atom. The predicted molar refractivity (Wildman–Crippen MR) is 96.0 cm³/mol. The molecule has 124 valence electrons. The number of benzene rings is 1. The maximum absolute atomic E-state index is 12.7. The predicted octanol–water partition coefficient (Wildman–Crippen LogP) is 3.18. The monoisotopic (exact) mass is 333 g/mol. The summed E-state index contributed by atoms with van der Waals surface area (Å²) < 4.78 is 0. The fourth-order valence-electron chi connectivity index (χ4n) is 3.18. The van der Waals surface area contributed by atoms with Gasteiger partial charge < -0.3 is 15.2 Å². The molecule has 0 radical (unpaired) electrons. The van der Waals surface area contributed by atoms with Crippen molar-refractivity contribution < 1.29 is 4.79 Å². The molecule has 2 heterocycles. The van der Waals surface area contributed by atoms with Crippen molar-refractivity contribution in [1.29, 1.82) is 0 Å². The molecule has 1 aromatic heterocycles. The van der Waals surface area contributed by atoms with Crippen LogP contribution in [0.4, 0.5) is 0 Å². The number of nitrogens with zero attached hydrogens (tertiary/aromatic N) is 1. The molecule has 23 heavy (non-hydrogen) atoms. The Hall–Kier alpha value is -1.78. The molecule has 5 heteroatoms. The van der Waals surface area contributed by atoms with Crippen molar-refractivity contribution in [2.75, 3.05) is 26.7 Å². The van der Waals surface area contributed by atoms with Gasteiger partial charge in [0.05, 0.1) is 0 Å². The standard InChI is InChI=1S/C18H23N3O.ClH/c1-19-12-14-6-5-11-21(13-14)18(22)17-10-9-16(20-17)15-7-3-2-4-8-15;/h2-4,7-10,14,19-20H,5-6,11-13H2,1H3;1H. The molecule has 1 atom stereocenters. The minimum absolute atomic E-state index is 0. The summed E-state index contributed by atoms with van der Waals surface area (Å²) in [4.78, 5) is 17.9. The number of aromatic nitrogens is 1. The molecule has 1 aliphatic heterocycles. The van der Waals surface area contributed by atoms with Gasteiger partial charge in [0, 0.05) is 18.8 Å². The molecule has 3 rings (SSSR count). The van der Waals surface area contributed by atoms with Crippen LogP contribution in [0.2, 0.25) is 0 Å². The Morgan fingerprint density at radius 1 is 1.26 bits per heavy atom. The first-order valence-electron chi connectivity index (χ1n) is 7.96. The van der Waals surface area contributed by atoms with Gasteiger partial charge in [0.15, 0.2) is 0 Å². The van der Waals surface area contributed by atoms with Crippen molar-refractivity contribution in [2.24, 2.45) is 5.92 Å². The van der Waals surface area contributed by atoms with Gasteiger partial charge in [-0.15, -0.1) is 12.4 Å². The minimum atomic E-state index is 0. The summed E-state index contributed by atoms with van der Waals surface area (Å²) in [7, 11) is 1.97. The molecule has 1 aromatic carbocycles. The molecule has 1 amide bonds. The van der Waals surface area contributed by atoms with Crippen LogP contribution >= 0.6 is 12.4 Å². The molecule has 1 fully saturated rings. The smallest absolute Gasteiger partial charge is 0.270 e. The molecule has 0 bridgehead atoms. The van der Waals surface area contributed by atoms with Gasteiger partial charge in [0.1, 0.15) is 5.69 Å². The summed E-state index contributed by atoms with van der Waals surface area (Å²) >= 11 is 0. The lowest BCUT2D eigenvalue weighted by Crippen LogP contribution is -2.42. The average Bonchev–Trinajstić information content (AvgIpc) is 3.05. The van der Waals surface area contributed by atoms with E-state index in [1.807, 2.05) is 54.4 Å². The number of halogens is 1. The van der Waals surface area contributed by atoms with E-state index in [2.05, 4.69) is 10.3 Å². The number of hydrogen-bond acceptors (Lipinski definition) is 2. The van der Waals surface area contributed by atoms with E-state index in [0.717, 1.165) is 37.3 Å². The van der Waals surface area contributed by atoms with E-state index in [4.69, 9.17) is 0 Å². The van der Waals surface area contributed by atoms with E-state index in [0.29, 0.717) is 11.6 Å². The lowest BCUT2D eigenvalue weighted by Gasteiger charge is -2.32. The zero-order valence-electron chi connectivity index (χ0n) is 13.4. The third-order valence-electron chi connectivity index (χ3n) is 4.30. The summed E-state index contributed by atoms with van der Waals surface area (Å²) in [5, 5.41) is 3.22. The van der Waals surface area contributed by atoms with E-state index in [1.165, 1.54) is 6.42 Å². The highest BCUT2D eigenvalue weighted by molar-refractivity contribution is 5.93. The van der Waals surface area contributed by atoms with Gasteiger partial charge in [-0.1, -0.05) is 30.3 Å². The summed E-state index contributed by atoms with van der Waals surface area (Å²) in [6, 6.07) is 14.0. The van der Waals surface area contributed by atoms with Crippen molar-refractivity contribution in [3.63, 3.8) is 0 Å². The molecule has 1 aliphatic rings. The number of carbonyl (C=O) groups is 1. The Balaban J connectivity index is 0.00000192. The van der Waals surface area contributed by atoms with Crippen molar-refractivity contribution >= 4 is 18.3 Å². The molecular weight excluding hydrogens is 310 g/mol. The third kappa shape index (κ3) is 4.15. The van der Waals surface area contributed by atoms with Gasteiger partial charge in [-0.2, -0.15) is 0 Å². The number of hydrogen-bond donors (Lipinski definition) is 2.